The molecule has 0 unspecified atom stereocenters. The highest BCUT2D eigenvalue weighted by molar-refractivity contribution is 6.40. The lowest BCUT2D eigenvalue weighted by molar-refractivity contribution is -0.122. The Kier molecular flexibility index (Phi) is 5.48. The van der Waals surface area contributed by atoms with Crippen molar-refractivity contribution in [2.45, 2.75) is 6.92 Å². The number of imide groups is 2. The van der Waals surface area contributed by atoms with Gasteiger partial charge in [-0.25, -0.2) is 9.69 Å². The van der Waals surface area contributed by atoms with Crippen molar-refractivity contribution in [3.05, 3.63) is 63.6 Å². The first-order chi connectivity index (χ1) is 12.9. The predicted octanol–water partition coefficient (Wildman–Crippen LogP) is 4.06. The zero-order chi connectivity index (χ0) is 19.6. The number of anilines is 1. The van der Waals surface area contributed by atoms with E-state index in [2.05, 4.69) is 5.32 Å². The van der Waals surface area contributed by atoms with E-state index in [0.717, 1.165) is 4.90 Å². The van der Waals surface area contributed by atoms with Crippen LogP contribution >= 0.6 is 23.2 Å². The van der Waals surface area contributed by atoms with Crippen LogP contribution in [0.1, 0.15) is 12.5 Å². The summed E-state index contributed by atoms with van der Waals surface area (Å²) in [4.78, 5) is 38.0. The molecule has 1 fully saturated rings. The first-order valence-corrected chi connectivity index (χ1v) is 8.76. The van der Waals surface area contributed by atoms with Crippen molar-refractivity contribution >= 4 is 52.8 Å². The molecule has 2 aromatic carbocycles. The molecule has 3 rings (SSSR count). The highest BCUT2D eigenvalue weighted by Gasteiger charge is 2.36. The molecule has 1 saturated heterocycles. The number of carbonyl (C=O) groups excluding carboxylic acids is 3. The Morgan fingerprint density at radius 1 is 1.07 bits per heavy atom. The second kappa shape index (κ2) is 7.82. The minimum atomic E-state index is -0.809. The van der Waals surface area contributed by atoms with Crippen LogP contribution in [0, 0.1) is 0 Å². The average Bonchev–Trinajstić information content (AvgIpc) is 2.62. The molecule has 1 aliphatic heterocycles. The second-order valence-corrected chi connectivity index (χ2v) is 6.35. The Morgan fingerprint density at radius 2 is 1.70 bits per heavy atom. The van der Waals surface area contributed by atoms with E-state index in [4.69, 9.17) is 27.9 Å². The maximum atomic E-state index is 12.8. The van der Waals surface area contributed by atoms with Crippen molar-refractivity contribution < 1.29 is 19.1 Å². The number of hydrogen-bond donors (Lipinski definition) is 1. The van der Waals surface area contributed by atoms with Gasteiger partial charge in [0.15, 0.2) is 5.75 Å². The third-order valence-corrected chi connectivity index (χ3v) is 4.30. The monoisotopic (exact) mass is 404 g/mol. The number of barbiturate groups is 1. The fourth-order valence-corrected chi connectivity index (χ4v) is 3.19. The maximum absolute atomic E-state index is 12.8. The Balaban J connectivity index is 2.01. The van der Waals surface area contributed by atoms with Gasteiger partial charge < -0.3 is 4.74 Å². The van der Waals surface area contributed by atoms with Gasteiger partial charge in [0.05, 0.1) is 22.3 Å². The topological polar surface area (TPSA) is 75.7 Å². The van der Waals surface area contributed by atoms with E-state index in [1.54, 1.807) is 37.3 Å². The molecular formula is C19H14Cl2N2O4. The Hall–Kier alpha value is -2.83. The minimum absolute atomic E-state index is 0.213. The fraction of sp³-hybridized carbons (Fsp3) is 0.105. The van der Waals surface area contributed by atoms with Crippen LogP contribution in [-0.4, -0.2) is 24.5 Å². The van der Waals surface area contributed by atoms with E-state index in [1.165, 1.54) is 18.2 Å². The molecule has 138 valence electrons. The zero-order valence-electron chi connectivity index (χ0n) is 14.2. The van der Waals surface area contributed by atoms with Crippen LogP contribution in [0.5, 0.6) is 5.75 Å². The molecule has 1 N–H and O–H groups in total. The third kappa shape index (κ3) is 3.82. The van der Waals surface area contributed by atoms with E-state index in [1.807, 2.05) is 0 Å². The highest BCUT2D eigenvalue weighted by atomic mass is 35.5. The van der Waals surface area contributed by atoms with E-state index in [0.29, 0.717) is 23.6 Å². The number of benzene rings is 2. The predicted molar refractivity (Wildman–Crippen MR) is 103 cm³/mol. The standard InChI is InChI=1S/C19H14Cl2N2O4/c1-2-27-16-14(20)9-11(10-15(16)21)8-13-17(24)22-19(26)23(18(13)25)12-6-4-3-5-7-12/h3-10H,2H2,1H3,(H,22,24,26). The normalized spacial score (nSPS) is 15.9. The number of halogens is 2. The quantitative estimate of drug-likeness (QED) is 0.615. The molecule has 27 heavy (non-hydrogen) atoms. The van der Waals surface area contributed by atoms with Crippen molar-refractivity contribution in [3.63, 3.8) is 0 Å². The van der Waals surface area contributed by atoms with Crippen molar-refractivity contribution in [1.82, 2.24) is 5.32 Å². The van der Waals surface area contributed by atoms with Gasteiger partial charge in [0.2, 0.25) is 0 Å². The van der Waals surface area contributed by atoms with Crippen molar-refractivity contribution in [1.29, 1.82) is 0 Å². The largest absolute Gasteiger partial charge is 0.491 e. The molecule has 1 aliphatic rings. The number of ether oxygens (including phenoxy) is 1. The summed E-state index contributed by atoms with van der Waals surface area (Å²) < 4.78 is 5.36. The lowest BCUT2D eigenvalue weighted by Crippen LogP contribution is -2.54. The van der Waals surface area contributed by atoms with E-state index in [9.17, 15) is 14.4 Å². The van der Waals surface area contributed by atoms with Crippen LogP contribution in [-0.2, 0) is 9.59 Å². The maximum Gasteiger partial charge on any atom is 0.335 e. The summed E-state index contributed by atoms with van der Waals surface area (Å²) >= 11 is 12.3. The third-order valence-electron chi connectivity index (χ3n) is 3.74. The molecule has 0 atom stereocenters. The second-order valence-electron chi connectivity index (χ2n) is 5.54. The number of hydrogen-bond acceptors (Lipinski definition) is 4. The van der Waals surface area contributed by atoms with Gasteiger partial charge >= 0.3 is 6.03 Å². The lowest BCUT2D eigenvalue weighted by Gasteiger charge is -2.26. The summed E-state index contributed by atoms with van der Waals surface area (Å²) in [6.45, 7) is 2.18. The molecule has 8 heteroatoms. The van der Waals surface area contributed by atoms with Crippen molar-refractivity contribution in [3.8, 4) is 5.75 Å². The molecule has 1 heterocycles. The van der Waals surface area contributed by atoms with E-state index in [-0.39, 0.29) is 15.6 Å². The Bertz CT molecular complexity index is 934. The fourth-order valence-electron chi connectivity index (χ4n) is 2.58. The first-order valence-electron chi connectivity index (χ1n) is 8.00. The molecule has 0 radical (unpaired) electrons. The molecule has 0 aliphatic carbocycles. The molecule has 0 saturated carbocycles. The number of rotatable bonds is 4. The molecule has 0 bridgehead atoms. The van der Waals surface area contributed by atoms with Gasteiger partial charge in [0, 0.05) is 0 Å². The van der Waals surface area contributed by atoms with Gasteiger partial charge in [-0.2, -0.15) is 0 Å². The smallest absolute Gasteiger partial charge is 0.335 e. The van der Waals surface area contributed by atoms with Gasteiger partial charge in [0.1, 0.15) is 5.57 Å². The molecule has 6 nitrogen and oxygen atoms in total. The number of amides is 4. The van der Waals surface area contributed by atoms with Crippen molar-refractivity contribution in [2.75, 3.05) is 11.5 Å². The van der Waals surface area contributed by atoms with E-state index >= 15 is 0 Å². The summed E-state index contributed by atoms with van der Waals surface area (Å²) in [5.41, 5.74) is 0.560. The van der Waals surface area contributed by atoms with Crippen LogP contribution in [0.25, 0.3) is 6.08 Å². The molecule has 0 aromatic heterocycles. The van der Waals surface area contributed by atoms with Gasteiger partial charge in [0.25, 0.3) is 11.8 Å². The van der Waals surface area contributed by atoms with Gasteiger partial charge in [-0.05, 0) is 42.8 Å². The summed E-state index contributed by atoms with van der Waals surface area (Å²) in [6.07, 6.45) is 1.33. The number of nitrogens with one attached hydrogen (secondary N) is 1. The summed E-state index contributed by atoms with van der Waals surface area (Å²) in [7, 11) is 0. The van der Waals surface area contributed by atoms with E-state index < -0.39 is 17.8 Å². The Labute approximate surface area is 165 Å². The van der Waals surface area contributed by atoms with Crippen molar-refractivity contribution in [2.24, 2.45) is 0 Å². The highest BCUT2D eigenvalue weighted by Crippen LogP contribution is 2.35. The van der Waals surface area contributed by atoms with Gasteiger partial charge in [-0.1, -0.05) is 41.4 Å². The minimum Gasteiger partial charge on any atom is -0.491 e. The Morgan fingerprint density at radius 3 is 2.30 bits per heavy atom. The lowest BCUT2D eigenvalue weighted by atomic mass is 10.1. The van der Waals surface area contributed by atoms with Crippen LogP contribution in [0.15, 0.2) is 48.0 Å². The summed E-state index contributed by atoms with van der Waals surface area (Å²) in [6, 6.07) is 10.5. The van der Waals surface area contributed by atoms with Gasteiger partial charge in [-0.15, -0.1) is 0 Å². The SMILES string of the molecule is CCOc1c(Cl)cc(C=C2C(=O)NC(=O)N(c3ccccc3)C2=O)cc1Cl. The summed E-state index contributed by atoms with van der Waals surface area (Å²) in [5, 5.41) is 2.65. The van der Waals surface area contributed by atoms with Gasteiger partial charge in [-0.3, -0.25) is 14.9 Å². The van der Waals surface area contributed by atoms with Crippen LogP contribution in [0.2, 0.25) is 10.0 Å². The number of carbonyl (C=O) groups is 3. The zero-order valence-corrected chi connectivity index (χ0v) is 15.7. The number of para-hydroxylation sites is 1. The van der Waals surface area contributed by atoms with Crippen LogP contribution in [0.4, 0.5) is 10.5 Å². The summed E-state index contributed by atoms with van der Waals surface area (Å²) in [5.74, 6) is -1.21. The number of nitrogens with zero attached hydrogens (tertiary/aromatic N) is 1. The molecule has 0 spiro atoms. The molecule has 4 amide bonds. The van der Waals surface area contributed by atoms with Crippen LogP contribution in [0.3, 0.4) is 0 Å². The average molecular weight is 405 g/mol. The van der Waals surface area contributed by atoms with Crippen LogP contribution < -0.4 is 15.0 Å². The first kappa shape index (κ1) is 18.9. The molecular weight excluding hydrogens is 391 g/mol. The molecule has 2 aromatic rings. The number of urea groups is 1.